The molecule has 0 aromatic rings. The summed E-state index contributed by atoms with van der Waals surface area (Å²) in [6.07, 6.45) is 14.6. The van der Waals surface area contributed by atoms with Gasteiger partial charge in [0.15, 0.2) is 0 Å². The van der Waals surface area contributed by atoms with Crippen LogP contribution in [0.5, 0.6) is 0 Å². The maximum atomic E-state index is 12.8. The zero-order valence-corrected chi connectivity index (χ0v) is 25.2. The summed E-state index contributed by atoms with van der Waals surface area (Å²) in [6, 6.07) is -0.946. The van der Waals surface area contributed by atoms with Crippen molar-refractivity contribution in [3.63, 3.8) is 0 Å². The summed E-state index contributed by atoms with van der Waals surface area (Å²) >= 11 is 0. The van der Waals surface area contributed by atoms with Gasteiger partial charge in [-0.05, 0) is 124 Å². The molecule has 4 saturated carbocycles. The monoisotopic (exact) mass is 517 g/mol. The topological polar surface area (TPSA) is 72.5 Å². The van der Waals surface area contributed by atoms with Gasteiger partial charge < -0.3 is 15.6 Å². The molecule has 0 aromatic carbocycles. The lowest BCUT2D eigenvalue weighted by Gasteiger charge is -2.62. The lowest BCUT2D eigenvalue weighted by Crippen LogP contribution is -2.59. The van der Waals surface area contributed by atoms with Crippen molar-refractivity contribution < 1.29 is 14.6 Å². The van der Waals surface area contributed by atoms with Crippen molar-refractivity contribution in [2.75, 3.05) is 0 Å². The molecule has 0 amide bonds. The Bertz CT molecular complexity index is 782. The molecule has 0 aromatic heterocycles. The number of ether oxygens (including phenoxy) is 1. The standard InChI is InChI=1S/C33H59NO3/c1-8-23(20(2)3)13-12-21(4)26-16-17-27-25-15-14-24-10-9-11-29(37-31(36)30(34)22(5)35)33(24,7)28(25)18-19-32(26,27)6/h20-30,35H,8-19,34H2,1-7H3/t21-,22?,23?,24?,25+,26-,27+,28+,29?,30?,32-,33+/m1/s1. The van der Waals surface area contributed by atoms with E-state index in [0.717, 1.165) is 48.3 Å². The Labute approximate surface area is 228 Å². The zero-order valence-electron chi connectivity index (χ0n) is 25.2. The molecule has 4 aliphatic carbocycles. The molecule has 214 valence electrons. The van der Waals surface area contributed by atoms with E-state index in [0.29, 0.717) is 17.3 Å². The highest BCUT2D eigenvalue weighted by Crippen LogP contribution is 2.68. The summed E-state index contributed by atoms with van der Waals surface area (Å²) < 4.78 is 6.19. The van der Waals surface area contributed by atoms with Crippen molar-refractivity contribution in [3.05, 3.63) is 0 Å². The Morgan fingerprint density at radius 3 is 2.35 bits per heavy atom. The number of rotatable bonds is 9. The highest BCUT2D eigenvalue weighted by Gasteiger charge is 2.62. The predicted molar refractivity (Wildman–Crippen MR) is 152 cm³/mol. The van der Waals surface area contributed by atoms with Crippen LogP contribution in [0.15, 0.2) is 0 Å². The van der Waals surface area contributed by atoms with Gasteiger partial charge in [-0.2, -0.15) is 0 Å². The molecule has 0 aliphatic heterocycles. The van der Waals surface area contributed by atoms with Gasteiger partial charge in [-0.15, -0.1) is 0 Å². The Morgan fingerprint density at radius 1 is 0.973 bits per heavy atom. The second-order valence-electron chi connectivity index (χ2n) is 14.8. The molecule has 3 N–H and O–H groups in total. The first kappa shape index (κ1) is 29.4. The van der Waals surface area contributed by atoms with Gasteiger partial charge in [-0.3, -0.25) is 4.79 Å². The van der Waals surface area contributed by atoms with Crippen molar-refractivity contribution in [2.24, 2.45) is 63.9 Å². The third-order valence-corrected chi connectivity index (χ3v) is 12.9. The number of fused-ring (bicyclic) bond motifs is 5. The molecule has 4 fully saturated rings. The normalized spacial score (nSPS) is 42.8. The number of aliphatic hydroxyl groups is 1. The third-order valence-electron chi connectivity index (χ3n) is 12.9. The van der Waals surface area contributed by atoms with Crippen molar-refractivity contribution in [1.29, 1.82) is 0 Å². The average molecular weight is 518 g/mol. The molecule has 0 bridgehead atoms. The van der Waals surface area contributed by atoms with Crippen molar-refractivity contribution >= 4 is 5.97 Å². The van der Waals surface area contributed by atoms with Gasteiger partial charge in [-0.1, -0.05) is 54.4 Å². The van der Waals surface area contributed by atoms with Crippen LogP contribution in [0.4, 0.5) is 0 Å². The number of carbonyl (C=O) groups excluding carboxylic acids is 1. The molecular weight excluding hydrogens is 458 g/mol. The molecule has 37 heavy (non-hydrogen) atoms. The Kier molecular flexibility index (Phi) is 9.11. The number of hydrogen-bond acceptors (Lipinski definition) is 4. The highest BCUT2D eigenvalue weighted by molar-refractivity contribution is 5.76. The van der Waals surface area contributed by atoms with E-state index >= 15 is 0 Å². The number of carbonyl (C=O) groups is 1. The highest BCUT2D eigenvalue weighted by atomic mass is 16.5. The number of hydrogen-bond donors (Lipinski definition) is 2. The van der Waals surface area contributed by atoms with Crippen LogP contribution in [0, 0.1) is 58.2 Å². The summed E-state index contributed by atoms with van der Waals surface area (Å²) in [5, 5.41) is 9.89. The van der Waals surface area contributed by atoms with E-state index in [4.69, 9.17) is 10.5 Å². The molecule has 0 radical (unpaired) electrons. The number of aliphatic hydroxyl groups excluding tert-OH is 1. The first-order chi connectivity index (χ1) is 17.4. The minimum absolute atomic E-state index is 0.0475. The van der Waals surface area contributed by atoms with Crippen LogP contribution in [0.25, 0.3) is 0 Å². The van der Waals surface area contributed by atoms with Crippen LogP contribution in [-0.2, 0) is 9.53 Å². The van der Waals surface area contributed by atoms with Crippen LogP contribution in [-0.4, -0.2) is 29.3 Å². The van der Waals surface area contributed by atoms with Gasteiger partial charge in [0.25, 0.3) is 0 Å². The van der Waals surface area contributed by atoms with Gasteiger partial charge in [0, 0.05) is 5.41 Å². The number of nitrogens with two attached hydrogens (primary N) is 1. The summed E-state index contributed by atoms with van der Waals surface area (Å²) in [4.78, 5) is 12.8. The minimum atomic E-state index is -0.946. The fraction of sp³-hybridized carbons (Fsp3) is 0.970. The van der Waals surface area contributed by atoms with Crippen molar-refractivity contribution in [1.82, 2.24) is 0 Å². The number of esters is 1. The van der Waals surface area contributed by atoms with Gasteiger partial charge in [0.2, 0.25) is 0 Å². The van der Waals surface area contributed by atoms with E-state index < -0.39 is 18.1 Å². The molecule has 0 spiro atoms. The van der Waals surface area contributed by atoms with Gasteiger partial charge >= 0.3 is 5.97 Å². The third kappa shape index (κ3) is 5.29. The minimum Gasteiger partial charge on any atom is -0.461 e. The molecule has 4 heteroatoms. The molecule has 4 rings (SSSR count). The van der Waals surface area contributed by atoms with Crippen LogP contribution in [0.2, 0.25) is 0 Å². The SMILES string of the molecule is CCC(CC[C@@H](C)[C@H]1CC[C@H]2[C@@H]3CCC4CCCC(OC(=O)C(N)C(C)O)[C@]4(C)[C@H]3CC[C@]12C)C(C)C. The summed E-state index contributed by atoms with van der Waals surface area (Å²) in [6.45, 7) is 16.4. The quantitative estimate of drug-likeness (QED) is 0.313. The Hall–Kier alpha value is -0.610. The van der Waals surface area contributed by atoms with Crippen molar-refractivity contribution in [2.45, 2.75) is 144 Å². The maximum Gasteiger partial charge on any atom is 0.325 e. The molecule has 5 unspecified atom stereocenters. The predicted octanol–water partition coefficient (Wildman–Crippen LogP) is 7.36. The van der Waals surface area contributed by atoms with E-state index in [1.54, 1.807) is 6.92 Å². The average Bonchev–Trinajstić information content (AvgIpc) is 3.21. The van der Waals surface area contributed by atoms with E-state index in [1.807, 2.05) is 0 Å². The van der Waals surface area contributed by atoms with E-state index in [2.05, 4.69) is 41.5 Å². The van der Waals surface area contributed by atoms with E-state index in [-0.39, 0.29) is 11.5 Å². The van der Waals surface area contributed by atoms with Gasteiger partial charge in [0.05, 0.1) is 6.10 Å². The van der Waals surface area contributed by atoms with Crippen molar-refractivity contribution in [3.8, 4) is 0 Å². The van der Waals surface area contributed by atoms with Gasteiger partial charge in [0.1, 0.15) is 12.1 Å². The van der Waals surface area contributed by atoms with Gasteiger partial charge in [-0.25, -0.2) is 0 Å². The molecule has 0 heterocycles. The lowest BCUT2D eigenvalue weighted by molar-refractivity contribution is -0.194. The smallest absolute Gasteiger partial charge is 0.325 e. The van der Waals surface area contributed by atoms with E-state index in [1.165, 1.54) is 64.2 Å². The molecule has 4 aliphatic rings. The summed E-state index contributed by atoms with van der Waals surface area (Å²) in [5.74, 6) is 5.80. The zero-order chi connectivity index (χ0) is 27.1. The molecule has 0 saturated heterocycles. The van der Waals surface area contributed by atoms with Crippen LogP contribution < -0.4 is 5.73 Å². The van der Waals surface area contributed by atoms with Crippen LogP contribution in [0.3, 0.4) is 0 Å². The van der Waals surface area contributed by atoms with E-state index in [9.17, 15) is 9.90 Å². The first-order valence-corrected chi connectivity index (χ1v) is 16.1. The second-order valence-corrected chi connectivity index (χ2v) is 14.8. The fourth-order valence-corrected chi connectivity index (χ4v) is 10.6. The molecule has 12 atom stereocenters. The second kappa shape index (κ2) is 11.5. The Morgan fingerprint density at radius 2 is 1.70 bits per heavy atom. The maximum absolute atomic E-state index is 12.8. The Balaban J connectivity index is 1.49. The summed E-state index contributed by atoms with van der Waals surface area (Å²) in [7, 11) is 0. The largest absolute Gasteiger partial charge is 0.461 e. The first-order valence-electron chi connectivity index (χ1n) is 16.1. The molecule has 4 nitrogen and oxygen atoms in total. The molecular formula is C33H59NO3. The lowest BCUT2D eigenvalue weighted by atomic mass is 9.44. The van der Waals surface area contributed by atoms with Crippen LogP contribution >= 0.6 is 0 Å². The van der Waals surface area contributed by atoms with Crippen LogP contribution in [0.1, 0.15) is 126 Å². The summed E-state index contributed by atoms with van der Waals surface area (Å²) in [5.41, 5.74) is 6.51. The fourth-order valence-electron chi connectivity index (χ4n) is 10.6.